The van der Waals surface area contributed by atoms with Crippen LogP contribution in [-0.4, -0.2) is 41.7 Å². The minimum absolute atomic E-state index is 0.0227. The Kier molecular flexibility index (Phi) is 6.45. The van der Waals surface area contributed by atoms with Gasteiger partial charge in [0.25, 0.3) is 5.91 Å². The fourth-order valence-corrected chi connectivity index (χ4v) is 3.98. The van der Waals surface area contributed by atoms with Gasteiger partial charge in [-0.15, -0.1) is 0 Å². The second-order valence-electron chi connectivity index (χ2n) is 7.43. The second-order valence-corrected chi connectivity index (χ2v) is 7.43. The molecule has 0 saturated carbocycles. The van der Waals surface area contributed by atoms with Crippen LogP contribution in [0.3, 0.4) is 0 Å². The highest BCUT2D eigenvalue weighted by Crippen LogP contribution is 2.43. The SMILES string of the molecule is CCc1nc(N)nc(N)c1-c1ccc2c(c1)N(CCCOC)C(=O)C(CC)(CC)O2. The van der Waals surface area contributed by atoms with Gasteiger partial charge in [-0.05, 0) is 43.4 Å². The minimum atomic E-state index is -0.848. The van der Waals surface area contributed by atoms with Crippen molar-refractivity contribution < 1.29 is 14.3 Å². The van der Waals surface area contributed by atoms with Crippen LogP contribution in [0.15, 0.2) is 18.2 Å². The highest BCUT2D eigenvalue weighted by molar-refractivity contribution is 6.03. The van der Waals surface area contributed by atoms with Gasteiger partial charge in [0.2, 0.25) is 5.95 Å². The first-order valence-electron chi connectivity index (χ1n) is 10.5. The largest absolute Gasteiger partial charge is 0.475 e. The molecule has 8 heteroatoms. The summed E-state index contributed by atoms with van der Waals surface area (Å²) < 4.78 is 11.5. The van der Waals surface area contributed by atoms with Gasteiger partial charge >= 0.3 is 0 Å². The van der Waals surface area contributed by atoms with Gasteiger partial charge in [0.05, 0.1) is 11.4 Å². The van der Waals surface area contributed by atoms with E-state index in [0.29, 0.717) is 44.0 Å². The summed E-state index contributed by atoms with van der Waals surface area (Å²) in [6.07, 6.45) is 2.58. The molecule has 2 aromatic rings. The van der Waals surface area contributed by atoms with E-state index in [1.165, 1.54) is 0 Å². The van der Waals surface area contributed by atoms with Crippen molar-refractivity contribution in [3.63, 3.8) is 0 Å². The molecule has 2 heterocycles. The van der Waals surface area contributed by atoms with Crippen LogP contribution in [0.5, 0.6) is 5.75 Å². The van der Waals surface area contributed by atoms with Crippen LogP contribution >= 0.6 is 0 Å². The van der Waals surface area contributed by atoms with E-state index in [1.54, 1.807) is 7.11 Å². The lowest BCUT2D eigenvalue weighted by Crippen LogP contribution is -2.55. The number of rotatable bonds is 8. The van der Waals surface area contributed by atoms with Crippen molar-refractivity contribution in [3.8, 4) is 16.9 Å². The monoisotopic (exact) mass is 413 g/mol. The van der Waals surface area contributed by atoms with E-state index < -0.39 is 5.60 Å². The highest BCUT2D eigenvalue weighted by Gasteiger charge is 2.45. The first-order chi connectivity index (χ1) is 14.4. The molecule has 0 unspecified atom stereocenters. The van der Waals surface area contributed by atoms with E-state index in [4.69, 9.17) is 20.9 Å². The first kappa shape index (κ1) is 21.8. The van der Waals surface area contributed by atoms with Crippen LogP contribution in [0.4, 0.5) is 17.5 Å². The summed E-state index contributed by atoms with van der Waals surface area (Å²) in [6.45, 7) is 7.07. The van der Waals surface area contributed by atoms with Gasteiger partial charge in [0.15, 0.2) is 5.60 Å². The smallest absolute Gasteiger partial charge is 0.271 e. The molecule has 0 spiro atoms. The Bertz CT molecular complexity index is 927. The van der Waals surface area contributed by atoms with E-state index in [1.807, 2.05) is 43.9 Å². The summed E-state index contributed by atoms with van der Waals surface area (Å²) >= 11 is 0. The van der Waals surface area contributed by atoms with E-state index in [9.17, 15) is 4.79 Å². The summed E-state index contributed by atoms with van der Waals surface area (Å²) in [7, 11) is 1.66. The van der Waals surface area contributed by atoms with Gasteiger partial charge < -0.3 is 25.8 Å². The van der Waals surface area contributed by atoms with Gasteiger partial charge in [0.1, 0.15) is 11.6 Å². The number of carbonyl (C=O) groups excluding carboxylic acids is 1. The molecule has 8 nitrogen and oxygen atoms in total. The number of nitrogens with zero attached hydrogens (tertiary/aromatic N) is 3. The number of nitrogen functional groups attached to an aromatic ring is 2. The zero-order valence-electron chi connectivity index (χ0n) is 18.2. The van der Waals surface area contributed by atoms with Crippen LogP contribution in [0.2, 0.25) is 0 Å². The molecule has 1 aromatic heterocycles. The van der Waals surface area contributed by atoms with Gasteiger partial charge in [-0.1, -0.05) is 26.8 Å². The van der Waals surface area contributed by atoms with Crippen molar-refractivity contribution in [3.05, 3.63) is 23.9 Å². The number of aryl methyl sites for hydroxylation is 1. The Balaban J connectivity index is 2.12. The lowest BCUT2D eigenvalue weighted by Gasteiger charge is -2.42. The van der Waals surface area contributed by atoms with Gasteiger partial charge in [-0.2, -0.15) is 4.98 Å². The minimum Gasteiger partial charge on any atom is -0.475 e. The summed E-state index contributed by atoms with van der Waals surface area (Å²) in [6, 6.07) is 5.76. The molecule has 0 radical (unpaired) electrons. The lowest BCUT2D eigenvalue weighted by atomic mass is 9.92. The number of fused-ring (bicyclic) bond motifs is 1. The number of aromatic nitrogens is 2. The summed E-state index contributed by atoms with van der Waals surface area (Å²) in [5.41, 5.74) is 14.2. The molecule has 1 aromatic carbocycles. The molecule has 0 saturated heterocycles. The van der Waals surface area contributed by atoms with Crippen LogP contribution in [0.1, 0.15) is 45.7 Å². The predicted molar refractivity (Wildman–Crippen MR) is 118 cm³/mol. The Morgan fingerprint density at radius 1 is 1.17 bits per heavy atom. The third-order valence-electron chi connectivity index (χ3n) is 5.72. The van der Waals surface area contributed by atoms with Crippen molar-refractivity contribution in [2.45, 2.75) is 52.1 Å². The molecular weight excluding hydrogens is 382 g/mol. The zero-order chi connectivity index (χ0) is 21.9. The number of amides is 1. The third-order valence-corrected chi connectivity index (χ3v) is 5.72. The molecule has 1 amide bonds. The topological polar surface area (TPSA) is 117 Å². The zero-order valence-corrected chi connectivity index (χ0v) is 18.2. The molecule has 0 fully saturated rings. The first-order valence-corrected chi connectivity index (χ1v) is 10.5. The molecule has 162 valence electrons. The molecule has 0 bridgehead atoms. The van der Waals surface area contributed by atoms with E-state index in [2.05, 4.69) is 9.97 Å². The molecule has 1 aliphatic heterocycles. The van der Waals surface area contributed by atoms with Crippen LogP contribution in [-0.2, 0) is 16.0 Å². The van der Waals surface area contributed by atoms with E-state index in [-0.39, 0.29) is 11.9 Å². The molecule has 4 N–H and O–H groups in total. The molecular formula is C22H31N5O3. The Morgan fingerprint density at radius 2 is 1.90 bits per heavy atom. The van der Waals surface area contributed by atoms with E-state index in [0.717, 1.165) is 28.9 Å². The van der Waals surface area contributed by atoms with Gasteiger partial charge in [-0.25, -0.2) is 4.98 Å². The standard InChI is InChI=1S/C22H31N5O3/c1-5-15-18(19(23)26-21(24)25-15)14-9-10-17-16(13-14)27(11-8-12-29-4)20(28)22(6-2,7-3)30-17/h9-10,13H,5-8,11-12H2,1-4H3,(H4,23,24,25,26). The maximum Gasteiger partial charge on any atom is 0.271 e. The van der Waals surface area contributed by atoms with Crippen molar-refractivity contribution in [2.24, 2.45) is 0 Å². The number of anilines is 3. The van der Waals surface area contributed by atoms with Crippen LogP contribution < -0.4 is 21.1 Å². The highest BCUT2D eigenvalue weighted by atomic mass is 16.5. The van der Waals surface area contributed by atoms with Gasteiger partial charge in [-0.3, -0.25) is 4.79 Å². The second kappa shape index (κ2) is 8.87. The van der Waals surface area contributed by atoms with Crippen LogP contribution in [0, 0.1) is 0 Å². The normalized spacial score (nSPS) is 15.1. The maximum absolute atomic E-state index is 13.4. The fraction of sp³-hybridized carbons (Fsp3) is 0.500. The number of ether oxygens (including phenoxy) is 2. The molecule has 0 atom stereocenters. The van der Waals surface area contributed by atoms with Crippen molar-refractivity contribution in [1.29, 1.82) is 0 Å². The molecule has 3 rings (SSSR count). The fourth-order valence-electron chi connectivity index (χ4n) is 3.98. The summed E-state index contributed by atoms with van der Waals surface area (Å²) in [5, 5.41) is 0. The van der Waals surface area contributed by atoms with E-state index >= 15 is 0 Å². The number of benzene rings is 1. The average molecular weight is 414 g/mol. The number of hydrogen-bond acceptors (Lipinski definition) is 7. The van der Waals surface area contributed by atoms with Gasteiger partial charge in [0, 0.05) is 25.8 Å². The molecule has 1 aliphatic rings. The van der Waals surface area contributed by atoms with Crippen LogP contribution in [0.25, 0.3) is 11.1 Å². The third kappa shape index (κ3) is 3.79. The number of hydrogen-bond donors (Lipinski definition) is 2. The number of nitrogens with two attached hydrogens (primary N) is 2. The quantitative estimate of drug-likeness (QED) is 0.638. The molecule has 30 heavy (non-hydrogen) atoms. The summed E-state index contributed by atoms with van der Waals surface area (Å²) in [5.74, 6) is 1.14. The predicted octanol–water partition coefficient (Wildman–Crippen LogP) is 3.19. The Morgan fingerprint density at radius 3 is 2.53 bits per heavy atom. The Hall–Kier alpha value is -2.87. The average Bonchev–Trinajstić information content (AvgIpc) is 2.74. The molecule has 0 aliphatic carbocycles. The Labute approximate surface area is 177 Å². The number of methoxy groups -OCH3 is 1. The van der Waals surface area contributed by atoms with Crippen molar-refractivity contribution >= 4 is 23.4 Å². The number of carbonyl (C=O) groups is 1. The lowest BCUT2D eigenvalue weighted by molar-refractivity contribution is -0.136. The summed E-state index contributed by atoms with van der Waals surface area (Å²) in [4.78, 5) is 23.7. The maximum atomic E-state index is 13.4. The van der Waals surface area contributed by atoms with Crippen molar-refractivity contribution in [2.75, 3.05) is 36.6 Å². The van der Waals surface area contributed by atoms with Crippen molar-refractivity contribution in [1.82, 2.24) is 9.97 Å².